The van der Waals surface area contributed by atoms with Gasteiger partial charge in [0, 0.05) is 16.6 Å². The van der Waals surface area contributed by atoms with Gasteiger partial charge < -0.3 is 9.67 Å². The summed E-state index contributed by atoms with van der Waals surface area (Å²) >= 11 is 8.94. The van der Waals surface area contributed by atoms with E-state index in [0.717, 1.165) is 0 Å². The Labute approximate surface area is 117 Å². The second-order valence-corrected chi connectivity index (χ2v) is 5.00. The summed E-state index contributed by atoms with van der Waals surface area (Å²) in [7, 11) is 0. The van der Waals surface area contributed by atoms with E-state index in [1.54, 1.807) is 17.0 Å². The van der Waals surface area contributed by atoms with Crippen LogP contribution in [0.5, 0.6) is 0 Å². The van der Waals surface area contributed by atoms with Crippen molar-refractivity contribution in [3.05, 3.63) is 51.2 Å². The van der Waals surface area contributed by atoms with Crippen LogP contribution < -0.4 is 0 Å². The standard InChI is InChI=1S/C12H11BrClFN2O/c1-2-17-6-16-5-9(17)12(18)7-3-4-8(13)10(14)11(7)15/h3-6,12,18H,2H2,1H3. The van der Waals surface area contributed by atoms with Crippen LogP contribution in [0.3, 0.4) is 0 Å². The summed E-state index contributed by atoms with van der Waals surface area (Å²) in [6.45, 7) is 2.57. The van der Waals surface area contributed by atoms with Crippen LogP contribution in [-0.2, 0) is 6.54 Å². The zero-order valence-corrected chi connectivity index (χ0v) is 11.9. The predicted molar refractivity (Wildman–Crippen MR) is 71.1 cm³/mol. The van der Waals surface area contributed by atoms with E-state index < -0.39 is 11.9 Å². The summed E-state index contributed by atoms with van der Waals surface area (Å²) in [6.07, 6.45) is 2.03. The molecule has 6 heteroatoms. The second-order valence-electron chi connectivity index (χ2n) is 3.77. The summed E-state index contributed by atoms with van der Waals surface area (Å²) in [5, 5.41) is 10.2. The predicted octanol–water partition coefficient (Wildman–Crippen LogP) is 3.54. The zero-order valence-electron chi connectivity index (χ0n) is 9.57. The highest BCUT2D eigenvalue weighted by Crippen LogP contribution is 2.32. The van der Waals surface area contributed by atoms with Gasteiger partial charge in [-0.1, -0.05) is 17.7 Å². The number of hydrogen-bond acceptors (Lipinski definition) is 2. The molecule has 0 fully saturated rings. The number of rotatable bonds is 3. The molecule has 0 radical (unpaired) electrons. The van der Waals surface area contributed by atoms with E-state index >= 15 is 0 Å². The molecule has 1 heterocycles. The van der Waals surface area contributed by atoms with Gasteiger partial charge in [-0.25, -0.2) is 9.37 Å². The summed E-state index contributed by atoms with van der Waals surface area (Å²) in [5.74, 6) is -0.623. The van der Waals surface area contributed by atoms with Gasteiger partial charge in [0.2, 0.25) is 0 Å². The van der Waals surface area contributed by atoms with Crippen LogP contribution in [0.25, 0.3) is 0 Å². The molecule has 0 spiro atoms. The number of hydrogen-bond donors (Lipinski definition) is 1. The minimum absolute atomic E-state index is 0.0332. The Bertz CT molecular complexity index is 573. The molecule has 1 unspecified atom stereocenters. The summed E-state index contributed by atoms with van der Waals surface area (Å²) in [5.41, 5.74) is 0.674. The number of aryl methyl sites for hydroxylation is 1. The molecule has 1 atom stereocenters. The van der Waals surface area contributed by atoms with Gasteiger partial charge in [0.25, 0.3) is 0 Å². The zero-order chi connectivity index (χ0) is 13.3. The number of nitrogens with zero attached hydrogens (tertiary/aromatic N) is 2. The Hall–Kier alpha value is -0.910. The Balaban J connectivity index is 2.46. The fraction of sp³-hybridized carbons (Fsp3) is 0.250. The van der Waals surface area contributed by atoms with Gasteiger partial charge in [-0.3, -0.25) is 0 Å². The van der Waals surface area contributed by atoms with Crippen molar-refractivity contribution in [1.29, 1.82) is 0 Å². The third kappa shape index (κ3) is 2.30. The van der Waals surface area contributed by atoms with Gasteiger partial charge in [-0.15, -0.1) is 0 Å². The van der Waals surface area contributed by atoms with Crippen LogP contribution in [0.2, 0.25) is 5.02 Å². The van der Waals surface area contributed by atoms with E-state index in [-0.39, 0.29) is 10.6 Å². The monoisotopic (exact) mass is 332 g/mol. The molecule has 1 aromatic heterocycles. The van der Waals surface area contributed by atoms with Gasteiger partial charge in [0.1, 0.15) is 11.9 Å². The van der Waals surface area contributed by atoms with E-state index in [2.05, 4.69) is 20.9 Å². The topological polar surface area (TPSA) is 38.0 Å². The first-order chi connectivity index (χ1) is 8.56. The van der Waals surface area contributed by atoms with Crippen LogP contribution in [0.1, 0.15) is 24.3 Å². The van der Waals surface area contributed by atoms with Crippen LogP contribution in [0.4, 0.5) is 4.39 Å². The second kappa shape index (κ2) is 5.38. The first-order valence-electron chi connectivity index (χ1n) is 5.37. The summed E-state index contributed by atoms with van der Waals surface area (Å²) in [4.78, 5) is 3.95. The Morgan fingerprint density at radius 2 is 2.28 bits per heavy atom. The van der Waals surface area contributed by atoms with Crippen molar-refractivity contribution in [3.8, 4) is 0 Å². The van der Waals surface area contributed by atoms with Crippen molar-refractivity contribution >= 4 is 27.5 Å². The Morgan fingerprint density at radius 1 is 1.56 bits per heavy atom. The fourth-order valence-corrected chi connectivity index (χ4v) is 2.21. The van der Waals surface area contributed by atoms with Gasteiger partial charge >= 0.3 is 0 Å². The quantitative estimate of drug-likeness (QED) is 0.873. The molecule has 0 aliphatic heterocycles. The lowest BCUT2D eigenvalue weighted by Gasteiger charge is -2.14. The third-order valence-corrected chi connectivity index (χ3v) is 3.98. The van der Waals surface area contributed by atoms with Gasteiger partial charge in [0.15, 0.2) is 0 Å². The van der Waals surface area contributed by atoms with Gasteiger partial charge in [-0.2, -0.15) is 0 Å². The van der Waals surface area contributed by atoms with Crippen LogP contribution in [0.15, 0.2) is 29.1 Å². The van der Waals surface area contributed by atoms with E-state index in [1.165, 1.54) is 12.3 Å². The first kappa shape index (κ1) is 13.5. The van der Waals surface area contributed by atoms with Crippen molar-refractivity contribution in [2.75, 3.05) is 0 Å². The summed E-state index contributed by atoms with van der Waals surface area (Å²) < 4.78 is 16.2. The Kier molecular flexibility index (Phi) is 4.04. The molecule has 0 saturated heterocycles. The first-order valence-corrected chi connectivity index (χ1v) is 6.54. The SMILES string of the molecule is CCn1cncc1C(O)c1ccc(Br)c(Cl)c1F. The van der Waals surface area contributed by atoms with Crippen LogP contribution >= 0.6 is 27.5 Å². The molecule has 0 amide bonds. The molecular formula is C12H11BrClFN2O. The molecule has 1 aromatic carbocycles. The Morgan fingerprint density at radius 3 is 2.94 bits per heavy atom. The lowest BCUT2D eigenvalue weighted by molar-refractivity contribution is 0.205. The molecule has 0 bridgehead atoms. The van der Waals surface area contributed by atoms with Crippen molar-refractivity contribution in [2.45, 2.75) is 19.6 Å². The van der Waals surface area contributed by atoms with Crippen molar-refractivity contribution < 1.29 is 9.50 Å². The van der Waals surface area contributed by atoms with Crippen molar-refractivity contribution in [1.82, 2.24) is 9.55 Å². The molecule has 0 aliphatic carbocycles. The van der Waals surface area contributed by atoms with Crippen LogP contribution in [-0.4, -0.2) is 14.7 Å². The highest BCUT2D eigenvalue weighted by Gasteiger charge is 2.21. The lowest BCUT2D eigenvalue weighted by atomic mass is 10.1. The largest absolute Gasteiger partial charge is 0.382 e. The number of aromatic nitrogens is 2. The molecule has 3 nitrogen and oxygen atoms in total. The van der Waals surface area contributed by atoms with E-state index in [4.69, 9.17) is 11.6 Å². The van der Waals surface area contributed by atoms with Crippen molar-refractivity contribution in [2.24, 2.45) is 0 Å². The molecular weight excluding hydrogens is 322 g/mol. The molecule has 0 aliphatic rings. The van der Waals surface area contributed by atoms with Crippen molar-refractivity contribution in [3.63, 3.8) is 0 Å². The lowest BCUT2D eigenvalue weighted by Crippen LogP contribution is -2.09. The van der Waals surface area contributed by atoms with E-state index in [9.17, 15) is 9.50 Å². The van der Waals surface area contributed by atoms with E-state index in [1.807, 2.05) is 6.92 Å². The molecule has 18 heavy (non-hydrogen) atoms. The molecule has 0 saturated carbocycles. The maximum Gasteiger partial charge on any atom is 0.149 e. The van der Waals surface area contributed by atoms with E-state index in [0.29, 0.717) is 16.7 Å². The highest BCUT2D eigenvalue weighted by atomic mass is 79.9. The fourth-order valence-electron chi connectivity index (χ4n) is 1.73. The number of aliphatic hydroxyl groups excluding tert-OH is 1. The highest BCUT2D eigenvalue weighted by molar-refractivity contribution is 9.10. The third-order valence-electron chi connectivity index (χ3n) is 2.72. The van der Waals surface area contributed by atoms with Gasteiger partial charge in [0.05, 0.1) is 23.2 Å². The average molecular weight is 334 g/mol. The smallest absolute Gasteiger partial charge is 0.149 e. The summed E-state index contributed by atoms with van der Waals surface area (Å²) in [6, 6.07) is 3.11. The number of halogens is 3. The molecule has 2 aromatic rings. The number of aliphatic hydroxyl groups is 1. The normalized spacial score (nSPS) is 12.7. The minimum Gasteiger partial charge on any atom is -0.382 e. The molecule has 96 valence electrons. The molecule has 2 rings (SSSR count). The molecule has 1 N–H and O–H groups in total. The maximum atomic E-state index is 14.0. The maximum absolute atomic E-state index is 14.0. The average Bonchev–Trinajstić information content (AvgIpc) is 2.83. The number of benzene rings is 1. The minimum atomic E-state index is -1.09. The number of imidazole rings is 1. The van der Waals surface area contributed by atoms with Gasteiger partial charge in [-0.05, 0) is 28.9 Å². The van der Waals surface area contributed by atoms with Crippen LogP contribution in [0, 0.1) is 5.82 Å².